The van der Waals surface area contributed by atoms with E-state index in [1.54, 1.807) is 24.3 Å². The number of aromatic nitrogens is 2. The average Bonchev–Trinajstić information content (AvgIpc) is 2.66. The van der Waals surface area contributed by atoms with E-state index < -0.39 is 6.10 Å². The van der Waals surface area contributed by atoms with Crippen LogP contribution in [0, 0.1) is 6.92 Å². The number of hydrazine groups is 1. The molecule has 1 aromatic heterocycles. The van der Waals surface area contributed by atoms with Crippen molar-refractivity contribution in [2.75, 3.05) is 25.2 Å². The van der Waals surface area contributed by atoms with Gasteiger partial charge in [0.2, 0.25) is 5.88 Å². The summed E-state index contributed by atoms with van der Waals surface area (Å²) < 4.78 is 11.3. The Balaban J connectivity index is 1.75. The Labute approximate surface area is 164 Å². The molecule has 1 atom stereocenters. The van der Waals surface area contributed by atoms with Crippen LogP contribution in [0.5, 0.6) is 11.6 Å². The Morgan fingerprint density at radius 3 is 2.67 bits per heavy atom. The van der Waals surface area contributed by atoms with E-state index in [0.29, 0.717) is 35.6 Å². The number of nitrogen functional groups attached to an aromatic ring is 1. The molecule has 9 heteroatoms. The van der Waals surface area contributed by atoms with Crippen LogP contribution in [-0.4, -0.2) is 46.7 Å². The Hall–Kier alpha value is -2.13. The molecule has 0 aliphatic rings. The molecule has 1 unspecified atom stereocenters. The second-order valence-electron chi connectivity index (χ2n) is 6.83. The van der Waals surface area contributed by atoms with Crippen molar-refractivity contribution in [1.82, 2.24) is 15.5 Å². The van der Waals surface area contributed by atoms with Crippen LogP contribution in [0.25, 0.3) is 0 Å². The molecule has 2 rings (SSSR count). The predicted molar refractivity (Wildman–Crippen MR) is 105 cm³/mol. The first-order chi connectivity index (χ1) is 12.8. The zero-order valence-electron chi connectivity index (χ0n) is 15.7. The maximum Gasteiger partial charge on any atom is 0.233 e. The van der Waals surface area contributed by atoms with Gasteiger partial charge in [-0.1, -0.05) is 17.7 Å². The molecule has 0 bridgehead atoms. The minimum atomic E-state index is -0.683. The molecule has 0 spiro atoms. The second-order valence-corrected chi connectivity index (χ2v) is 7.27. The number of halogens is 1. The third-order valence-corrected chi connectivity index (χ3v) is 4.00. The van der Waals surface area contributed by atoms with Crippen molar-refractivity contribution in [3.8, 4) is 11.6 Å². The maximum atomic E-state index is 10.2. The number of ether oxygens (including phenoxy) is 2. The number of anilines is 1. The lowest BCUT2D eigenvalue weighted by molar-refractivity contribution is 0.0920. The summed E-state index contributed by atoms with van der Waals surface area (Å²) in [5, 5.41) is 21.8. The number of rotatable bonds is 10. The summed E-state index contributed by atoms with van der Waals surface area (Å²) in [6.45, 7) is 6.70. The highest BCUT2D eigenvalue weighted by Gasteiger charge is 2.20. The van der Waals surface area contributed by atoms with Gasteiger partial charge in [0.15, 0.2) is 5.82 Å². The molecule has 0 fully saturated rings. The normalized spacial score (nSPS) is 12.5. The van der Waals surface area contributed by atoms with Gasteiger partial charge >= 0.3 is 0 Å². The Kier molecular flexibility index (Phi) is 7.61. The molecule has 148 valence electrons. The second kappa shape index (κ2) is 9.70. The van der Waals surface area contributed by atoms with Crippen LogP contribution in [0.15, 0.2) is 30.3 Å². The van der Waals surface area contributed by atoms with Crippen molar-refractivity contribution in [1.29, 1.82) is 0 Å². The summed E-state index contributed by atoms with van der Waals surface area (Å²) in [5.74, 6) is 6.76. The predicted octanol–water partition coefficient (Wildman–Crippen LogP) is 1.91. The van der Waals surface area contributed by atoms with Gasteiger partial charge in [0.1, 0.15) is 25.1 Å². The van der Waals surface area contributed by atoms with E-state index in [4.69, 9.17) is 26.9 Å². The maximum absolute atomic E-state index is 10.2. The van der Waals surface area contributed by atoms with Gasteiger partial charge in [0.05, 0.1) is 0 Å². The number of aryl methyl sites for hydroxylation is 1. The highest BCUT2D eigenvalue weighted by atomic mass is 35.5. The van der Waals surface area contributed by atoms with Gasteiger partial charge in [0.25, 0.3) is 0 Å². The summed E-state index contributed by atoms with van der Waals surface area (Å²) in [6.07, 6.45) is -0.683. The molecule has 0 amide bonds. The van der Waals surface area contributed by atoms with Crippen LogP contribution < -0.4 is 26.1 Å². The van der Waals surface area contributed by atoms with Crippen LogP contribution in [0.2, 0.25) is 5.02 Å². The van der Waals surface area contributed by atoms with Crippen LogP contribution >= 0.6 is 11.6 Å². The van der Waals surface area contributed by atoms with Crippen molar-refractivity contribution in [2.24, 2.45) is 5.84 Å². The van der Waals surface area contributed by atoms with E-state index in [-0.39, 0.29) is 12.1 Å². The van der Waals surface area contributed by atoms with E-state index in [0.717, 1.165) is 5.56 Å². The molecule has 0 saturated carbocycles. The summed E-state index contributed by atoms with van der Waals surface area (Å²) in [6, 6.07) is 8.76. The van der Waals surface area contributed by atoms with E-state index >= 15 is 0 Å². The molecule has 8 nitrogen and oxygen atoms in total. The Morgan fingerprint density at radius 1 is 1.22 bits per heavy atom. The number of nitrogens with zero attached hydrogens (tertiary/aromatic N) is 2. The minimum absolute atomic E-state index is 0.157. The number of aliphatic hydroxyl groups is 1. The quantitative estimate of drug-likeness (QED) is 0.356. The van der Waals surface area contributed by atoms with Gasteiger partial charge in [-0.15, -0.1) is 10.2 Å². The van der Waals surface area contributed by atoms with Crippen LogP contribution in [0.1, 0.15) is 19.4 Å². The number of nitrogens with one attached hydrogen (secondary N) is 2. The molecule has 0 radical (unpaired) electrons. The molecule has 5 N–H and O–H groups in total. The number of nitrogens with two attached hydrogens (primary N) is 1. The standard InChI is InChI=1S/C18H26ClN5O3/c1-12-4-5-13(19)8-15(12)26-10-14(25)9-21-18(2,3)11-27-17-7-6-16(22-20)23-24-17/h4-8,14,21,25H,9-11,20H2,1-3H3,(H,22,23). The number of hydrogen-bond acceptors (Lipinski definition) is 8. The van der Waals surface area contributed by atoms with Crippen molar-refractivity contribution >= 4 is 17.4 Å². The van der Waals surface area contributed by atoms with E-state index in [1.807, 2.05) is 26.8 Å². The van der Waals surface area contributed by atoms with Crippen LogP contribution in [-0.2, 0) is 0 Å². The number of hydrogen-bond donors (Lipinski definition) is 4. The molecule has 1 aromatic carbocycles. The lowest BCUT2D eigenvalue weighted by Crippen LogP contribution is -2.48. The van der Waals surface area contributed by atoms with Gasteiger partial charge in [-0.3, -0.25) is 0 Å². The van der Waals surface area contributed by atoms with E-state index in [9.17, 15) is 5.11 Å². The van der Waals surface area contributed by atoms with Gasteiger partial charge < -0.3 is 25.3 Å². The van der Waals surface area contributed by atoms with Crippen molar-refractivity contribution < 1.29 is 14.6 Å². The third-order valence-electron chi connectivity index (χ3n) is 3.77. The molecular formula is C18H26ClN5O3. The molecular weight excluding hydrogens is 370 g/mol. The number of aliphatic hydroxyl groups excluding tert-OH is 1. The smallest absolute Gasteiger partial charge is 0.233 e. The fraction of sp³-hybridized carbons (Fsp3) is 0.444. The summed E-state index contributed by atoms with van der Waals surface area (Å²) >= 11 is 5.97. The fourth-order valence-corrected chi connectivity index (χ4v) is 2.31. The zero-order valence-corrected chi connectivity index (χ0v) is 16.5. The summed E-state index contributed by atoms with van der Waals surface area (Å²) in [5.41, 5.74) is 2.97. The van der Waals surface area contributed by atoms with Gasteiger partial charge in [-0.05, 0) is 44.5 Å². The zero-order chi connectivity index (χ0) is 19.9. The van der Waals surface area contributed by atoms with Crippen molar-refractivity contribution in [2.45, 2.75) is 32.4 Å². The van der Waals surface area contributed by atoms with E-state index in [1.165, 1.54) is 0 Å². The first kappa shape index (κ1) is 21.2. The van der Waals surface area contributed by atoms with Gasteiger partial charge in [0, 0.05) is 23.2 Å². The van der Waals surface area contributed by atoms with Gasteiger partial charge in [-0.25, -0.2) is 5.84 Å². The Morgan fingerprint density at radius 2 is 2.00 bits per heavy atom. The van der Waals surface area contributed by atoms with Crippen LogP contribution in [0.4, 0.5) is 5.82 Å². The van der Waals surface area contributed by atoms with Crippen molar-refractivity contribution in [3.05, 3.63) is 40.9 Å². The molecule has 0 aliphatic carbocycles. The lowest BCUT2D eigenvalue weighted by atomic mass is 10.1. The lowest BCUT2D eigenvalue weighted by Gasteiger charge is -2.27. The first-order valence-corrected chi connectivity index (χ1v) is 8.92. The number of benzene rings is 1. The molecule has 2 aromatic rings. The minimum Gasteiger partial charge on any atom is -0.491 e. The van der Waals surface area contributed by atoms with E-state index in [2.05, 4.69) is 20.9 Å². The SMILES string of the molecule is Cc1ccc(Cl)cc1OCC(O)CNC(C)(C)COc1ccc(NN)nn1. The number of β-amino-alcohol motifs (C(OH)–C–C–N with tert-alkyl or cyclic N) is 1. The highest BCUT2D eigenvalue weighted by molar-refractivity contribution is 6.30. The summed E-state index contributed by atoms with van der Waals surface area (Å²) in [7, 11) is 0. The molecule has 0 aliphatic heterocycles. The summed E-state index contributed by atoms with van der Waals surface area (Å²) in [4.78, 5) is 0. The average molecular weight is 396 g/mol. The monoisotopic (exact) mass is 395 g/mol. The molecule has 1 heterocycles. The topological polar surface area (TPSA) is 115 Å². The first-order valence-electron chi connectivity index (χ1n) is 8.54. The van der Waals surface area contributed by atoms with Gasteiger partial charge in [-0.2, -0.15) is 0 Å². The largest absolute Gasteiger partial charge is 0.491 e. The Bertz CT molecular complexity index is 727. The third kappa shape index (κ3) is 7.18. The molecule has 27 heavy (non-hydrogen) atoms. The molecule has 0 saturated heterocycles. The van der Waals surface area contributed by atoms with Crippen molar-refractivity contribution in [3.63, 3.8) is 0 Å². The fourth-order valence-electron chi connectivity index (χ4n) is 2.15. The van der Waals surface area contributed by atoms with Crippen LogP contribution in [0.3, 0.4) is 0 Å². The highest BCUT2D eigenvalue weighted by Crippen LogP contribution is 2.22.